The molecule has 152 valence electrons. The van der Waals surface area contributed by atoms with Gasteiger partial charge in [-0.2, -0.15) is 4.98 Å². The van der Waals surface area contributed by atoms with Gasteiger partial charge in [0.05, 0.1) is 5.69 Å². The predicted molar refractivity (Wildman–Crippen MR) is 124 cm³/mol. The Hall–Kier alpha value is -3.25. The van der Waals surface area contributed by atoms with E-state index in [9.17, 15) is 4.79 Å². The molecular weight excluding hydrogens is 392 g/mol. The van der Waals surface area contributed by atoms with Crippen LogP contribution in [0.1, 0.15) is 37.5 Å². The fourth-order valence-electron chi connectivity index (χ4n) is 3.08. The maximum Gasteiger partial charge on any atom is 0.250 e. The average molecular weight is 417 g/mol. The van der Waals surface area contributed by atoms with Crippen molar-refractivity contribution in [1.82, 2.24) is 14.6 Å². The molecule has 0 bridgehead atoms. The quantitative estimate of drug-likeness (QED) is 0.433. The Balaban J connectivity index is 1.47. The second-order valence-corrected chi connectivity index (χ2v) is 9.15. The number of amides is 1. The number of anilines is 1. The summed E-state index contributed by atoms with van der Waals surface area (Å²) in [6.45, 7) is 8.59. The molecule has 5 nitrogen and oxygen atoms in total. The lowest BCUT2D eigenvalue weighted by Gasteiger charge is -2.18. The third-order valence-electron chi connectivity index (χ3n) is 4.87. The highest BCUT2D eigenvalue weighted by Crippen LogP contribution is 2.26. The highest BCUT2D eigenvalue weighted by Gasteiger charge is 2.13. The number of carbonyl (C=O) groups is 1. The minimum Gasteiger partial charge on any atom is -0.290 e. The zero-order valence-corrected chi connectivity index (χ0v) is 18.3. The zero-order chi connectivity index (χ0) is 21.3. The average Bonchev–Trinajstić information content (AvgIpc) is 3.27. The first kappa shape index (κ1) is 20.0. The summed E-state index contributed by atoms with van der Waals surface area (Å²) < 4.78 is 1.76. The second-order valence-electron chi connectivity index (χ2n) is 8.31. The first-order valence-electron chi connectivity index (χ1n) is 9.80. The molecule has 6 heteroatoms. The molecule has 2 heterocycles. The Morgan fingerprint density at radius 1 is 1.07 bits per heavy atom. The lowest BCUT2D eigenvalue weighted by molar-refractivity contribution is -0.111. The largest absolute Gasteiger partial charge is 0.290 e. The Morgan fingerprint density at radius 3 is 2.43 bits per heavy atom. The number of benzene rings is 2. The van der Waals surface area contributed by atoms with Crippen LogP contribution in [0.25, 0.3) is 22.3 Å². The summed E-state index contributed by atoms with van der Waals surface area (Å²) in [4.78, 5) is 17.5. The highest BCUT2D eigenvalue weighted by molar-refractivity contribution is 7.15. The molecule has 0 radical (unpaired) electrons. The number of rotatable bonds is 4. The monoisotopic (exact) mass is 416 g/mol. The number of nitrogens with zero attached hydrogens (tertiary/aromatic N) is 3. The molecule has 0 atom stereocenters. The van der Waals surface area contributed by atoms with Gasteiger partial charge in [-0.1, -0.05) is 74.9 Å². The lowest BCUT2D eigenvalue weighted by atomic mass is 9.87. The van der Waals surface area contributed by atoms with E-state index >= 15 is 0 Å². The normalized spacial score (nSPS) is 12.0. The number of aryl methyl sites for hydroxylation is 1. The molecule has 0 spiro atoms. The van der Waals surface area contributed by atoms with Gasteiger partial charge in [-0.3, -0.25) is 10.1 Å². The number of hydrogen-bond acceptors (Lipinski definition) is 4. The fraction of sp³-hybridized carbons (Fsp3) is 0.208. The van der Waals surface area contributed by atoms with Crippen molar-refractivity contribution in [1.29, 1.82) is 0 Å². The highest BCUT2D eigenvalue weighted by atomic mass is 32.1. The Kier molecular flexibility index (Phi) is 5.26. The van der Waals surface area contributed by atoms with Gasteiger partial charge < -0.3 is 0 Å². The van der Waals surface area contributed by atoms with Crippen LogP contribution in [0.15, 0.2) is 60.0 Å². The molecule has 0 saturated carbocycles. The van der Waals surface area contributed by atoms with E-state index in [-0.39, 0.29) is 11.3 Å². The number of thiazole rings is 1. The van der Waals surface area contributed by atoms with Crippen LogP contribution in [0.5, 0.6) is 0 Å². The molecule has 0 unspecified atom stereocenters. The number of hydrogen-bond donors (Lipinski definition) is 1. The molecule has 0 saturated heterocycles. The Morgan fingerprint density at radius 2 is 1.77 bits per heavy atom. The molecule has 30 heavy (non-hydrogen) atoms. The summed E-state index contributed by atoms with van der Waals surface area (Å²) in [7, 11) is 0. The van der Waals surface area contributed by atoms with Gasteiger partial charge in [0, 0.05) is 17.0 Å². The lowest BCUT2D eigenvalue weighted by Crippen LogP contribution is -2.10. The van der Waals surface area contributed by atoms with E-state index in [1.807, 2.05) is 17.5 Å². The van der Waals surface area contributed by atoms with Crippen LogP contribution in [0.2, 0.25) is 0 Å². The van der Waals surface area contributed by atoms with Gasteiger partial charge in [0.25, 0.3) is 11.9 Å². The molecule has 4 rings (SSSR count). The first-order valence-corrected chi connectivity index (χ1v) is 10.7. The summed E-state index contributed by atoms with van der Waals surface area (Å²) in [5, 5.41) is 9.22. The summed E-state index contributed by atoms with van der Waals surface area (Å²) in [5.41, 5.74) is 5.56. The maximum atomic E-state index is 12.3. The van der Waals surface area contributed by atoms with E-state index in [0.717, 1.165) is 21.8 Å². The molecule has 2 aromatic heterocycles. The van der Waals surface area contributed by atoms with Crippen molar-refractivity contribution >= 4 is 34.2 Å². The van der Waals surface area contributed by atoms with Crippen LogP contribution < -0.4 is 5.32 Å². The van der Waals surface area contributed by atoms with Gasteiger partial charge >= 0.3 is 0 Å². The number of nitrogens with one attached hydrogen (secondary N) is 1. The molecule has 0 aliphatic rings. The van der Waals surface area contributed by atoms with Crippen molar-refractivity contribution in [2.24, 2.45) is 0 Å². The van der Waals surface area contributed by atoms with E-state index in [4.69, 9.17) is 0 Å². The van der Waals surface area contributed by atoms with Gasteiger partial charge in [-0.05, 0) is 29.5 Å². The van der Waals surface area contributed by atoms with E-state index in [1.165, 1.54) is 28.5 Å². The molecule has 0 fully saturated rings. The summed E-state index contributed by atoms with van der Waals surface area (Å²) in [6, 6.07) is 16.5. The van der Waals surface area contributed by atoms with Crippen molar-refractivity contribution in [3.05, 3.63) is 76.7 Å². The zero-order valence-electron chi connectivity index (χ0n) is 17.5. The topological polar surface area (TPSA) is 59.3 Å². The number of fused-ring (bicyclic) bond motifs is 1. The van der Waals surface area contributed by atoms with Gasteiger partial charge in [0.15, 0.2) is 0 Å². The van der Waals surface area contributed by atoms with Crippen LogP contribution >= 0.6 is 11.3 Å². The van der Waals surface area contributed by atoms with Crippen LogP contribution in [-0.4, -0.2) is 20.5 Å². The van der Waals surface area contributed by atoms with Crippen molar-refractivity contribution in [3.63, 3.8) is 0 Å². The summed E-state index contributed by atoms with van der Waals surface area (Å²) in [6.07, 6.45) is 3.29. The van der Waals surface area contributed by atoms with Gasteiger partial charge in [-0.25, -0.2) is 4.52 Å². The Labute approximate surface area is 180 Å². The molecular formula is C24H24N4OS. The molecule has 4 aromatic rings. The number of aromatic nitrogens is 3. The molecule has 0 aliphatic carbocycles. The van der Waals surface area contributed by atoms with E-state index in [2.05, 4.69) is 79.5 Å². The van der Waals surface area contributed by atoms with Gasteiger partial charge in [-0.15, -0.1) is 16.4 Å². The van der Waals surface area contributed by atoms with E-state index in [0.29, 0.717) is 5.95 Å². The fourth-order valence-corrected chi connectivity index (χ4v) is 3.91. The minimum absolute atomic E-state index is 0.108. The van der Waals surface area contributed by atoms with Crippen molar-refractivity contribution < 1.29 is 4.79 Å². The summed E-state index contributed by atoms with van der Waals surface area (Å²) >= 11 is 1.49. The SMILES string of the molecule is Cc1ccc(-c2csc3nc(NC(=O)/C=C/c4ccc(C(C)(C)C)cc4)nn23)cc1. The predicted octanol–water partition coefficient (Wildman–Crippen LogP) is 5.72. The van der Waals surface area contributed by atoms with Gasteiger partial charge in [0.2, 0.25) is 4.96 Å². The van der Waals surface area contributed by atoms with Crippen LogP contribution in [0, 0.1) is 6.92 Å². The molecule has 1 N–H and O–H groups in total. The minimum atomic E-state index is -0.259. The van der Waals surface area contributed by atoms with Crippen molar-refractivity contribution in [2.45, 2.75) is 33.1 Å². The first-order chi connectivity index (χ1) is 14.3. The number of carbonyl (C=O) groups excluding carboxylic acids is 1. The summed E-state index contributed by atoms with van der Waals surface area (Å²) in [5.74, 6) is 0.0398. The Bertz CT molecular complexity index is 1210. The smallest absolute Gasteiger partial charge is 0.250 e. The maximum absolute atomic E-state index is 12.3. The van der Waals surface area contributed by atoms with Crippen LogP contribution in [0.3, 0.4) is 0 Å². The van der Waals surface area contributed by atoms with E-state index in [1.54, 1.807) is 10.6 Å². The standard InChI is InChI=1S/C24H24N4OS/c1-16-5-10-18(11-6-16)20-15-30-23-26-22(27-28(20)23)25-21(29)14-9-17-7-12-19(13-8-17)24(2,3)4/h5-15H,1-4H3,(H,25,27,29)/b14-9+. The van der Waals surface area contributed by atoms with Gasteiger partial charge in [0.1, 0.15) is 0 Å². The van der Waals surface area contributed by atoms with E-state index < -0.39 is 0 Å². The molecule has 0 aliphatic heterocycles. The van der Waals surface area contributed by atoms with Crippen LogP contribution in [-0.2, 0) is 10.2 Å². The van der Waals surface area contributed by atoms with Crippen LogP contribution in [0.4, 0.5) is 5.95 Å². The molecule has 1 amide bonds. The molecule has 2 aromatic carbocycles. The third kappa shape index (κ3) is 4.33. The third-order valence-corrected chi connectivity index (χ3v) is 5.68. The van der Waals surface area contributed by atoms with Crippen molar-refractivity contribution in [2.75, 3.05) is 5.32 Å². The van der Waals surface area contributed by atoms with Crippen molar-refractivity contribution in [3.8, 4) is 11.3 Å². The second kappa shape index (κ2) is 7.88.